The molecule has 1 aromatic rings. The Bertz CT molecular complexity index is 474. The van der Waals surface area contributed by atoms with Crippen LogP contribution in [0.2, 0.25) is 0 Å². The molecule has 1 aromatic carbocycles. The first-order valence-electron chi connectivity index (χ1n) is 4.63. The first kappa shape index (κ1) is 12.9. The van der Waals surface area contributed by atoms with Crippen molar-refractivity contribution in [2.45, 2.75) is 12.8 Å². The molecule has 17 heavy (non-hydrogen) atoms. The van der Waals surface area contributed by atoms with Gasteiger partial charge in [0.25, 0.3) is 0 Å². The summed E-state index contributed by atoms with van der Waals surface area (Å²) in [5.74, 6) is -3.43. The van der Waals surface area contributed by atoms with Gasteiger partial charge in [-0.15, -0.1) is 0 Å². The first-order valence-corrected chi connectivity index (χ1v) is 4.63. The highest BCUT2D eigenvalue weighted by Crippen LogP contribution is 2.32. The third-order valence-electron chi connectivity index (χ3n) is 2.33. The van der Waals surface area contributed by atoms with Gasteiger partial charge in [-0.2, -0.15) is 0 Å². The van der Waals surface area contributed by atoms with E-state index in [0.29, 0.717) is 6.07 Å². The highest BCUT2D eigenvalue weighted by molar-refractivity contribution is 5.76. The summed E-state index contributed by atoms with van der Waals surface area (Å²) in [5, 5.41) is 19.4. The lowest BCUT2D eigenvalue weighted by Crippen LogP contribution is -2.10. The van der Waals surface area contributed by atoms with Crippen LogP contribution in [0.5, 0.6) is 5.75 Å². The average Bonchev–Trinajstić information content (AvgIpc) is 2.27. The zero-order valence-electron chi connectivity index (χ0n) is 9.14. The van der Waals surface area contributed by atoms with Gasteiger partial charge >= 0.3 is 11.7 Å². The number of nitrogens with zero attached hydrogens (tertiary/aromatic N) is 1. The van der Waals surface area contributed by atoms with Crippen molar-refractivity contribution in [3.63, 3.8) is 0 Å². The lowest BCUT2D eigenvalue weighted by atomic mass is 10.00. The third kappa shape index (κ3) is 2.49. The van der Waals surface area contributed by atoms with E-state index in [9.17, 15) is 19.3 Å². The number of methoxy groups -OCH3 is 1. The first-order chi connectivity index (χ1) is 7.88. The molecule has 0 aliphatic carbocycles. The van der Waals surface area contributed by atoms with Crippen molar-refractivity contribution >= 4 is 11.7 Å². The Kier molecular flexibility index (Phi) is 3.62. The zero-order valence-corrected chi connectivity index (χ0v) is 9.14. The van der Waals surface area contributed by atoms with E-state index >= 15 is 0 Å². The van der Waals surface area contributed by atoms with Crippen molar-refractivity contribution in [2.75, 3.05) is 7.11 Å². The Hall–Kier alpha value is -2.18. The molecule has 0 heterocycles. The van der Waals surface area contributed by atoms with Crippen LogP contribution >= 0.6 is 0 Å². The zero-order chi connectivity index (χ0) is 13.2. The molecule has 0 aliphatic heterocycles. The van der Waals surface area contributed by atoms with E-state index in [4.69, 9.17) is 9.84 Å². The second-order valence-corrected chi connectivity index (χ2v) is 3.36. The van der Waals surface area contributed by atoms with Crippen LogP contribution in [0, 0.1) is 15.9 Å². The van der Waals surface area contributed by atoms with Gasteiger partial charge in [0, 0.05) is 5.56 Å². The standard InChI is InChI=1S/C10H10FNO5/c1-5(10(13)14)6-3-9(17-2)8(12(15)16)4-7(6)11/h3-5H,1-2H3,(H,13,14). The van der Waals surface area contributed by atoms with Gasteiger partial charge < -0.3 is 9.84 Å². The minimum atomic E-state index is -1.22. The molecule has 1 N–H and O–H groups in total. The largest absolute Gasteiger partial charge is 0.490 e. The maximum Gasteiger partial charge on any atom is 0.313 e. The fourth-order valence-corrected chi connectivity index (χ4v) is 1.33. The number of hydrogen-bond acceptors (Lipinski definition) is 4. The van der Waals surface area contributed by atoms with E-state index in [0.717, 1.165) is 6.07 Å². The Balaban J connectivity index is 3.36. The Morgan fingerprint density at radius 3 is 2.59 bits per heavy atom. The number of nitro groups is 1. The van der Waals surface area contributed by atoms with E-state index < -0.39 is 28.3 Å². The number of nitro benzene ring substituents is 1. The SMILES string of the molecule is COc1cc(C(C)C(=O)O)c(F)cc1[N+](=O)[O-]. The molecule has 1 unspecified atom stereocenters. The minimum Gasteiger partial charge on any atom is -0.490 e. The fourth-order valence-electron chi connectivity index (χ4n) is 1.33. The summed E-state index contributed by atoms with van der Waals surface area (Å²) in [5.41, 5.74) is -0.689. The monoisotopic (exact) mass is 243 g/mol. The van der Waals surface area contributed by atoms with Gasteiger partial charge in [-0.3, -0.25) is 14.9 Å². The van der Waals surface area contributed by atoms with Gasteiger partial charge in [-0.1, -0.05) is 0 Å². The third-order valence-corrected chi connectivity index (χ3v) is 2.33. The number of halogens is 1. The highest BCUT2D eigenvalue weighted by Gasteiger charge is 2.24. The summed E-state index contributed by atoms with van der Waals surface area (Å²) in [7, 11) is 1.19. The van der Waals surface area contributed by atoms with Gasteiger partial charge in [-0.05, 0) is 13.0 Å². The van der Waals surface area contributed by atoms with Crippen molar-refractivity contribution in [1.82, 2.24) is 0 Å². The molecule has 7 heteroatoms. The second kappa shape index (κ2) is 4.77. The van der Waals surface area contributed by atoms with Crippen LogP contribution in [0.4, 0.5) is 10.1 Å². The van der Waals surface area contributed by atoms with Gasteiger partial charge in [0.2, 0.25) is 0 Å². The number of carboxylic acids is 1. The van der Waals surface area contributed by atoms with E-state index in [2.05, 4.69) is 0 Å². The topological polar surface area (TPSA) is 89.7 Å². The molecule has 92 valence electrons. The van der Waals surface area contributed by atoms with E-state index in [1.807, 2.05) is 0 Å². The summed E-state index contributed by atoms with van der Waals surface area (Å²) in [6.45, 7) is 1.28. The predicted molar refractivity (Wildman–Crippen MR) is 55.7 cm³/mol. The molecule has 6 nitrogen and oxygen atoms in total. The molecule has 0 fully saturated rings. The normalized spacial score (nSPS) is 11.9. The number of benzene rings is 1. The van der Waals surface area contributed by atoms with Crippen LogP contribution in [-0.4, -0.2) is 23.1 Å². The molecular formula is C10H10FNO5. The van der Waals surface area contributed by atoms with Gasteiger partial charge in [-0.25, -0.2) is 4.39 Å². The van der Waals surface area contributed by atoms with Crippen LogP contribution < -0.4 is 4.74 Å². The van der Waals surface area contributed by atoms with E-state index in [-0.39, 0.29) is 11.3 Å². The van der Waals surface area contributed by atoms with Crippen LogP contribution in [0.25, 0.3) is 0 Å². The smallest absolute Gasteiger partial charge is 0.313 e. The van der Waals surface area contributed by atoms with Crippen LogP contribution in [0.3, 0.4) is 0 Å². The van der Waals surface area contributed by atoms with Gasteiger partial charge in [0.1, 0.15) is 5.82 Å². The molecule has 0 saturated carbocycles. The minimum absolute atomic E-state index is 0.153. The van der Waals surface area contributed by atoms with Crippen molar-refractivity contribution in [3.8, 4) is 5.75 Å². The molecule has 0 radical (unpaired) electrons. The molecule has 0 aliphatic rings. The fraction of sp³-hybridized carbons (Fsp3) is 0.300. The van der Waals surface area contributed by atoms with Gasteiger partial charge in [0.15, 0.2) is 5.75 Å². The lowest BCUT2D eigenvalue weighted by molar-refractivity contribution is -0.386. The van der Waals surface area contributed by atoms with Crippen LogP contribution in [0.15, 0.2) is 12.1 Å². The molecule has 1 atom stereocenters. The molecule has 0 amide bonds. The molecule has 0 spiro atoms. The summed E-state index contributed by atoms with van der Waals surface area (Å²) < 4.78 is 18.2. The molecule has 1 rings (SSSR count). The van der Waals surface area contributed by atoms with Crippen LogP contribution in [0.1, 0.15) is 18.4 Å². The highest BCUT2D eigenvalue weighted by atomic mass is 19.1. The van der Waals surface area contributed by atoms with Gasteiger partial charge in [0.05, 0.1) is 24.0 Å². The van der Waals surface area contributed by atoms with E-state index in [1.165, 1.54) is 14.0 Å². The van der Waals surface area contributed by atoms with Crippen molar-refractivity contribution in [1.29, 1.82) is 0 Å². The number of ether oxygens (including phenoxy) is 1. The second-order valence-electron chi connectivity index (χ2n) is 3.36. The summed E-state index contributed by atoms with van der Waals surface area (Å²) in [6, 6.07) is 1.69. The Labute approximate surface area is 95.8 Å². The number of rotatable bonds is 4. The van der Waals surface area contributed by atoms with Crippen LogP contribution in [-0.2, 0) is 4.79 Å². The Morgan fingerprint density at radius 2 is 2.18 bits per heavy atom. The van der Waals surface area contributed by atoms with Crippen molar-refractivity contribution in [3.05, 3.63) is 33.6 Å². The number of carboxylic acid groups (broad SMARTS) is 1. The molecule has 0 bridgehead atoms. The summed E-state index contributed by atoms with van der Waals surface area (Å²) in [4.78, 5) is 20.5. The number of hydrogen-bond donors (Lipinski definition) is 1. The van der Waals surface area contributed by atoms with Crippen molar-refractivity contribution in [2.24, 2.45) is 0 Å². The maximum absolute atomic E-state index is 13.5. The lowest BCUT2D eigenvalue weighted by Gasteiger charge is -2.10. The molecule has 0 aromatic heterocycles. The van der Waals surface area contributed by atoms with E-state index in [1.54, 1.807) is 0 Å². The predicted octanol–water partition coefficient (Wildman–Crippen LogP) is 1.93. The molecule has 0 saturated heterocycles. The number of carbonyl (C=O) groups is 1. The maximum atomic E-state index is 13.5. The quantitative estimate of drug-likeness (QED) is 0.644. The number of aliphatic carboxylic acids is 1. The summed E-state index contributed by atoms with van der Waals surface area (Å²) in [6.07, 6.45) is 0. The average molecular weight is 243 g/mol. The summed E-state index contributed by atoms with van der Waals surface area (Å²) >= 11 is 0. The molecular weight excluding hydrogens is 233 g/mol. The van der Waals surface area contributed by atoms with Crippen molar-refractivity contribution < 1.29 is 24.0 Å². The Morgan fingerprint density at radius 1 is 1.59 bits per heavy atom.